The molecule has 5 aliphatic rings. The van der Waals surface area contributed by atoms with Gasteiger partial charge in [-0.25, -0.2) is 9.97 Å². The topological polar surface area (TPSA) is 101 Å². The number of aryl methyl sites for hydroxylation is 1. The molecule has 3 aromatic rings. The number of ether oxygens (including phenoxy) is 1. The normalized spacial score (nSPS) is 28.0. The number of nitrogens with zero attached hydrogens (tertiary/aromatic N) is 7. The van der Waals surface area contributed by atoms with Crippen LogP contribution in [0.3, 0.4) is 0 Å². The van der Waals surface area contributed by atoms with Crippen LogP contribution in [0, 0.1) is 6.92 Å². The van der Waals surface area contributed by atoms with Gasteiger partial charge in [0.25, 0.3) is 0 Å². The molecule has 2 unspecified atom stereocenters. The highest BCUT2D eigenvalue weighted by atomic mass is 32.1. The Morgan fingerprint density at radius 2 is 1.82 bits per heavy atom. The van der Waals surface area contributed by atoms with Gasteiger partial charge in [-0.2, -0.15) is 9.47 Å². The van der Waals surface area contributed by atoms with Crippen LogP contribution in [-0.2, 0) is 16.0 Å². The number of aromatic nitrogens is 5. The number of amides is 1. The Balaban J connectivity index is 1.01. The van der Waals surface area contributed by atoms with Gasteiger partial charge in [0.05, 0.1) is 23.3 Å². The lowest BCUT2D eigenvalue weighted by Crippen LogP contribution is -2.71. The van der Waals surface area contributed by atoms with E-state index in [1.165, 1.54) is 30.8 Å². The molecule has 11 heteroatoms. The minimum absolute atomic E-state index is 0.241. The number of rotatable bonds is 6. The number of carbonyl (C=O) groups excluding carboxylic acids is 1. The van der Waals surface area contributed by atoms with Gasteiger partial charge in [-0.15, -0.1) is 0 Å². The van der Waals surface area contributed by atoms with E-state index < -0.39 is 0 Å². The molecule has 4 saturated heterocycles. The molecule has 2 atom stereocenters. The van der Waals surface area contributed by atoms with Gasteiger partial charge in [0.1, 0.15) is 16.5 Å². The largest absolute Gasteiger partial charge is 0.381 e. The number of piperazine rings is 1. The average Bonchev–Trinajstić information content (AvgIpc) is 3.56. The third-order valence-electron chi connectivity index (χ3n) is 9.27. The Kier molecular flexibility index (Phi) is 6.76. The molecule has 0 aromatic carbocycles. The highest BCUT2D eigenvalue weighted by Crippen LogP contribution is 2.37. The number of carbonyl (C=O) groups is 1. The molecule has 2 bridgehead atoms. The smallest absolute Gasteiger partial charge is 0.220 e. The first kappa shape index (κ1) is 25.3. The molecular weight excluding hydrogens is 512 g/mol. The lowest BCUT2D eigenvalue weighted by molar-refractivity contribution is -0.153. The Hall–Kier alpha value is -2.63. The third kappa shape index (κ3) is 4.93. The molecule has 208 valence electrons. The number of anilines is 1. The second-order valence-electron chi connectivity index (χ2n) is 11.9. The first-order valence-corrected chi connectivity index (χ1v) is 15.3. The second kappa shape index (κ2) is 10.4. The zero-order valence-corrected chi connectivity index (χ0v) is 23.7. The summed E-state index contributed by atoms with van der Waals surface area (Å²) in [6.45, 7) is 7.46. The van der Waals surface area contributed by atoms with Gasteiger partial charge in [0.2, 0.25) is 5.91 Å². The van der Waals surface area contributed by atoms with Gasteiger partial charge in [0.15, 0.2) is 0 Å². The molecule has 39 heavy (non-hydrogen) atoms. The Morgan fingerprint density at radius 1 is 1.05 bits per heavy atom. The summed E-state index contributed by atoms with van der Waals surface area (Å²) in [5.74, 6) is 1.99. The summed E-state index contributed by atoms with van der Waals surface area (Å²) < 4.78 is 12.2. The van der Waals surface area contributed by atoms with Gasteiger partial charge < -0.3 is 15.0 Å². The fraction of sp³-hybridized carbons (Fsp3) is 0.679. The van der Waals surface area contributed by atoms with Crippen LogP contribution in [0.15, 0.2) is 12.4 Å². The van der Waals surface area contributed by atoms with Crippen molar-refractivity contribution in [3.8, 4) is 0 Å². The fourth-order valence-electron chi connectivity index (χ4n) is 7.25. The van der Waals surface area contributed by atoms with Crippen molar-refractivity contribution in [1.29, 1.82) is 0 Å². The van der Waals surface area contributed by atoms with Gasteiger partial charge in [-0.05, 0) is 69.0 Å². The van der Waals surface area contributed by atoms with E-state index in [9.17, 15) is 4.79 Å². The summed E-state index contributed by atoms with van der Waals surface area (Å²) in [5, 5.41) is 9.51. The summed E-state index contributed by atoms with van der Waals surface area (Å²) in [6, 6.07) is 2.30. The lowest BCUT2D eigenvalue weighted by atomic mass is 9.83. The second-order valence-corrected chi connectivity index (χ2v) is 12.6. The maximum atomic E-state index is 11.9. The molecule has 7 heterocycles. The fourth-order valence-corrected chi connectivity index (χ4v) is 8.05. The minimum Gasteiger partial charge on any atom is -0.381 e. The molecule has 1 aliphatic carbocycles. The van der Waals surface area contributed by atoms with Crippen LogP contribution < -0.4 is 5.32 Å². The molecule has 3 aromatic heterocycles. The Labute approximate surface area is 233 Å². The summed E-state index contributed by atoms with van der Waals surface area (Å²) in [7, 11) is 0. The Morgan fingerprint density at radius 3 is 2.56 bits per heavy atom. The number of piperidine rings is 1. The lowest BCUT2D eigenvalue weighted by Gasteiger charge is -2.58. The molecule has 5 fully saturated rings. The predicted molar refractivity (Wildman–Crippen MR) is 150 cm³/mol. The van der Waals surface area contributed by atoms with Crippen LogP contribution in [0.1, 0.15) is 75.0 Å². The standard InChI is InChI=1S/C28H38N8O2S/c1-17-26-27(30-20-3-5-21(6-4-20)34-15-23-12-24(16-34)36(23)18(2)37)31-25(32-28(26)39-33-17)11-19-13-29-35(14-19)22-7-9-38-10-8-22/h13-14,20-24H,3-12,15-16H2,1-2H3,(H,30,31,32). The quantitative estimate of drug-likeness (QED) is 0.497. The molecule has 1 amide bonds. The van der Waals surface area contributed by atoms with Crippen LogP contribution in [0.25, 0.3) is 10.2 Å². The van der Waals surface area contributed by atoms with E-state index in [4.69, 9.17) is 14.7 Å². The van der Waals surface area contributed by atoms with Crippen LogP contribution in [-0.4, -0.2) is 90.3 Å². The van der Waals surface area contributed by atoms with E-state index in [1.54, 1.807) is 6.92 Å². The van der Waals surface area contributed by atoms with E-state index in [1.807, 2.05) is 13.1 Å². The van der Waals surface area contributed by atoms with Crippen molar-refractivity contribution in [2.24, 2.45) is 0 Å². The van der Waals surface area contributed by atoms with Crippen molar-refractivity contribution in [2.75, 3.05) is 31.6 Å². The zero-order valence-electron chi connectivity index (χ0n) is 22.9. The molecule has 0 spiro atoms. The molecule has 8 rings (SSSR count). The van der Waals surface area contributed by atoms with E-state index in [0.29, 0.717) is 36.6 Å². The van der Waals surface area contributed by atoms with Crippen LogP contribution in [0.4, 0.5) is 5.82 Å². The molecule has 4 aliphatic heterocycles. The van der Waals surface area contributed by atoms with Crippen LogP contribution in [0.5, 0.6) is 0 Å². The Bertz CT molecular complexity index is 1330. The number of nitrogens with one attached hydrogen (secondary N) is 1. The van der Waals surface area contributed by atoms with E-state index in [-0.39, 0.29) is 5.91 Å². The maximum absolute atomic E-state index is 11.9. The maximum Gasteiger partial charge on any atom is 0.220 e. The first-order valence-electron chi connectivity index (χ1n) is 14.5. The van der Waals surface area contributed by atoms with E-state index in [2.05, 4.69) is 35.5 Å². The van der Waals surface area contributed by atoms with Gasteiger partial charge >= 0.3 is 0 Å². The summed E-state index contributed by atoms with van der Waals surface area (Å²) in [6.07, 6.45) is 12.6. The number of hydrogen-bond donors (Lipinski definition) is 1. The van der Waals surface area contributed by atoms with Crippen molar-refractivity contribution in [3.05, 3.63) is 29.5 Å². The summed E-state index contributed by atoms with van der Waals surface area (Å²) in [4.78, 5) is 27.5. The summed E-state index contributed by atoms with van der Waals surface area (Å²) in [5.41, 5.74) is 2.13. The van der Waals surface area contributed by atoms with Crippen molar-refractivity contribution in [3.63, 3.8) is 0 Å². The average molecular weight is 551 g/mol. The van der Waals surface area contributed by atoms with Gasteiger partial charge in [0, 0.05) is 70.0 Å². The monoisotopic (exact) mass is 550 g/mol. The highest BCUT2D eigenvalue weighted by Gasteiger charge is 2.47. The molecular formula is C28H38N8O2S. The minimum atomic E-state index is 0.241. The van der Waals surface area contributed by atoms with Crippen LogP contribution >= 0.6 is 11.5 Å². The predicted octanol–water partition coefficient (Wildman–Crippen LogP) is 3.56. The number of fused-ring (bicyclic) bond motifs is 3. The number of hydrogen-bond acceptors (Lipinski definition) is 9. The van der Waals surface area contributed by atoms with Gasteiger partial charge in [-0.1, -0.05) is 0 Å². The van der Waals surface area contributed by atoms with Crippen molar-refractivity contribution in [2.45, 2.75) is 95.4 Å². The molecule has 0 radical (unpaired) electrons. The SMILES string of the molecule is CC(=O)N1C2CC1CN(C1CCC(Nc3nc(Cc4cnn(C5CCOCC5)c4)nc4snc(C)c34)CC1)C2. The summed E-state index contributed by atoms with van der Waals surface area (Å²) >= 11 is 1.46. The zero-order chi connectivity index (χ0) is 26.5. The third-order valence-corrected chi connectivity index (χ3v) is 10.1. The van der Waals surface area contributed by atoms with Crippen molar-refractivity contribution >= 4 is 33.5 Å². The van der Waals surface area contributed by atoms with E-state index >= 15 is 0 Å². The van der Waals surface area contributed by atoms with Crippen molar-refractivity contribution < 1.29 is 9.53 Å². The van der Waals surface area contributed by atoms with Crippen LogP contribution in [0.2, 0.25) is 0 Å². The van der Waals surface area contributed by atoms with E-state index in [0.717, 1.165) is 85.1 Å². The highest BCUT2D eigenvalue weighted by molar-refractivity contribution is 7.13. The molecule has 1 saturated carbocycles. The molecule has 1 N–H and O–H groups in total. The van der Waals surface area contributed by atoms with Crippen molar-refractivity contribution in [1.82, 2.24) is 33.9 Å². The first-order chi connectivity index (χ1) is 19.0. The molecule has 10 nitrogen and oxygen atoms in total. The van der Waals surface area contributed by atoms with Gasteiger partial charge in [-0.3, -0.25) is 14.4 Å².